The number of hydrogen-bond acceptors (Lipinski definition) is 14. The Balaban J connectivity index is 2.18. The van der Waals surface area contributed by atoms with Crippen molar-refractivity contribution < 1.29 is 63.5 Å². The first kappa shape index (κ1) is 44.1. The van der Waals surface area contributed by atoms with Crippen molar-refractivity contribution in [3.05, 3.63) is 0 Å². The summed E-state index contributed by atoms with van der Waals surface area (Å²) < 4.78 is 37.1. The summed E-state index contributed by atoms with van der Waals surface area (Å²) in [6.45, 7) is 16.3. The van der Waals surface area contributed by atoms with Gasteiger partial charge < -0.3 is 58.9 Å². The van der Waals surface area contributed by atoms with Crippen molar-refractivity contribution in [1.29, 1.82) is 0 Å². The van der Waals surface area contributed by atoms with Gasteiger partial charge in [-0.05, 0) is 74.9 Å². The third kappa shape index (κ3) is 9.51. The molecule has 0 saturated carbocycles. The number of nitrogens with zero attached hydrogens (tertiary/aromatic N) is 1. The fourth-order valence-corrected chi connectivity index (χ4v) is 8.41. The van der Waals surface area contributed by atoms with E-state index >= 15 is 0 Å². The number of hydrogen-bond donors (Lipinski definition) is 5. The maximum atomic E-state index is 14.1. The Labute approximate surface area is 304 Å². The highest BCUT2D eigenvalue weighted by atomic mass is 16.7. The number of Topliss-reactive ketones (excluding diaryl/α,β-unsaturated/α-hetero) is 1. The Kier molecular flexibility index (Phi) is 14.7. The number of likely N-dealkylation sites (N-methyl/N-ethyl adjacent to an activating group) is 1. The van der Waals surface area contributed by atoms with Crippen LogP contribution in [0.15, 0.2) is 0 Å². The molecule has 3 rings (SSSR count). The quantitative estimate of drug-likeness (QED) is 0.238. The number of ether oxygens (including phenoxy) is 6. The van der Waals surface area contributed by atoms with Crippen molar-refractivity contribution in [2.24, 2.45) is 23.7 Å². The second-order valence-corrected chi connectivity index (χ2v) is 16.5. The van der Waals surface area contributed by atoms with Gasteiger partial charge in [-0.1, -0.05) is 27.7 Å². The summed E-state index contributed by atoms with van der Waals surface area (Å²) in [6.07, 6.45) is -9.71. The standard InChI is InChI=1S/C37H67NO13/c1-14-25-37(10,45)30(41)20(4)27(39)18(2)16-35(8,44)32(51-34-28(40)24(38(11)12)15-19(3)47-34)21(5)29(22(6)33(43)49-25)50-26-17-36(9,46-13)31(42)23(7)48-26/h18-26,28-32,34,40-42,44-45H,14-17H2,1-13H3/t18-,19-,20?,21+,22-,23?,24+,25?,26?,28?,29+,30?,31+,32-,34?,35-,36-,37-/m1/s1. The summed E-state index contributed by atoms with van der Waals surface area (Å²) >= 11 is 0. The number of cyclic esters (lactones) is 1. The molecule has 0 amide bonds. The van der Waals surface area contributed by atoms with Crippen LogP contribution in [0.5, 0.6) is 0 Å². The van der Waals surface area contributed by atoms with E-state index in [1.807, 2.05) is 25.9 Å². The van der Waals surface area contributed by atoms with Gasteiger partial charge >= 0.3 is 5.97 Å². The van der Waals surface area contributed by atoms with E-state index in [-0.39, 0.29) is 31.4 Å². The van der Waals surface area contributed by atoms with E-state index in [1.165, 1.54) is 27.9 Å². The van der Waals surface area contributed by atoms with Crippen LogP contribution in [0, 0.1) is 23.7 Å². The Morgan fingerprint density at radius 2 is 1.49 bits per heavy atom. The van der Waals surface area contributed by atoms with Gasteiger partial charge in [-0.2, -0.15) is 0 Å². The second-order valence-electron chi connectivity index (χ2n) is 16.5. The van der Waals surface area contributed by atoms with Crippen LogP contribution in [0.3, 0.4) is 0 Å². The summed E-state index contributed by atoms with van der Waals surface area (Å²) in [5, 5.41) is 57.6. The first-order chi connectivity index (χ1) is 23.4. The van der Waals surface area contributed by atoms with Crippen LogP contribution >= 0.6 is 0 Å². The molecule has 3 fully saturated rings. The average molecular weight is 734 g/mol. The SMILES string of the molecule is CCC1OC(=O)[C@H](C)[C@@H](OC2C[C@@](C)(OC)[C@@H](O)C(C)O2)[C@H](C)[C@@H](OC2O[C@H](C)C[C@H](N(C)C)C2O)[C@](C)(O)C[C@@H](C)C(=O)C(C)C(O)[C@]1(C)O. The Bertz CT molecular complexity index is 1170. The number of methoxy groups -OCH3 is 1. The maximum Gasteiger partial charge on any atom is 0.311 e. The molecule has 0 spiro atoms. The van der Waals surface area contributed by atoms with Crippen molar-refractivity contribution >= 4 is 11.8 Å². The molecule has 0 aromatic heterocycles. The average Bonchev–Trinajstić information content (AvgIpc) is 3.05. The smallest absolute Gasteiger partial charge is 0.311 e. The molecule has 7 unspecified atom stereocenters. The molecule has 14 nitrogen and oxygen atoms in total. The van der Waals surface area contributed by atoms with Gasteiger partial charge in [-0.15, -0.1) is 0 Å². The summed E-state index contributed by atoms with van der Waals surface area (Å²) in [5.41, 5.74) is -4.84. The van der Waals surface area contributed by atoms with Crippen molar-refractivity contribution in [2.75, 3.05) is 21.2 Å². The van der Waals surface area contributed by atoms with Crippen LogP contribution in [0.2, 0.25) is 0 Å². The molecule has 3 saturated heterocycles. The van der Waals surface area contributed by atoms with E-state index in [4.69, 9.17) is 28.4 Å². The topological polar surface area (TPSA) is 194 Å². The molecule has 3 aliphatic heterocycles. The molecule has 18 atom stereocenters. The van der Waals surface area contributed by atoms with Gasteiger partial charge in [-0.25, -0.2) is 0 Å². The molecular formula is C37H67NO13. The Morgan fingerprint density at radius 1 is 0.882 bits per heavy atom. The molecule has 51 heavy (non-hydrogen) atoms. The van der Waals surface area contributed by atoms with Crippen molar-refractivity contribution in [2.45, 2.75) is 179 Å². The van der Waals surface area contributed by atoms with Gasteiger partial charge in [0.2, 0.25) is 0 Å². The molecule has 0 bridgehead atoms. The fourth-order valence-electron chi connectivity index (χ4n) is 8.41. The van der Waals surface area contributed by atoms with Crippen LogP contribution in [0.4, 0.5) is 0 Å². The normalized spacial score (nSPS) is 49.7. The highest BCUT2D eigenvalue weighted by molar-refractivity contribution is 5.83. The Morgan fingerprint density at radius 3 is 2.04 bits per heavy atom. The van der Waals surface area contributed by atoms with E-state index in [0.717, 1.165) is 0 Å². The van der Waals surface area contributed by atoms with Crippen molar-refractivity contribution in [1.82, 2.24) is 4.90 Å². The van der Waals surface area contributed by atoms with Gasteiger partial charge in [-0.3, -0.25) is 9.59 Å². The highest BCUT2D eigenvalue weighted by Gasteiger charge is 2.53. The monoisotopic (exact) mass is 733 g/mol. The highest BCUT2D eigenvalue weighted by Crippen LogP contribution is 2.40. The molecular weight excluding hydrogens is 666 g/mol. The molecule has 0 aromatic rings. The zero-order valence-electron chi connectivity index (χ0n) is 32.9. The molecule has 14 heteroatoms. The van der Waals surface area contributed by atoms with Crippen LogP contribution in [0.25, 0.3) is 0 Å². The van der Waals surface area contributed by atoms with Crippen molar-refractivity contribution in [3.63, 3.8) is 0 Å². The predicted molar refractivity (Wildman–Crippen MR) is 186 cm³/mol. The minimum atomic E-state index is -1.99. The third-order valence-electron chi connectivity index (χ3n) is 11.8. The van der Waals surface area contributed by atoms with E-state index in [9.17, 15) is 35.1 Å². The largest absolute Gasteiger partial charge is 0.459 e. The summed E-state index contributed by atoms with van der Waals surface area (Å²) in [5.74, 6) is -4.98. The number of carbonyl (C=O) groups excluding carboxylic acids is 2. The minimum absolute atomic E-state index is 0.0936. The van der Waals surface area contributed by atoms with Crippen LogP contribution in [-0.4, -0.2) is 148 Å². The second kappa shape index (κ2) is 17.0. The number of aliphatic hydroxyl groups is 5. The number of carbonyl (C=O) groups is 2. The van der Waals surface area contributed by atoms with Gasteiger partial charge in [0.05, 0.1) is 47.6 Å². The molecule has 3 heterocycles. The Hall–Kier alpha value is -1.30. The number of esters is 1. The van der Waals surface area contributed by atoms with E-state index < -0.39 is 108 Å². The van der Waals surface area contributed by atoms with Gasteiger partial charge in [0.15, 0.2) is 12.6 Å². The summed E-state index contributed by atoms with van der Waals surface area (Å²) in [4.78, 5) is 29.8. The molecule has 5 N–H and O–H groups in total. The first-order valence-electron chi connectivity index (χ1n) is 18.5. The van der Waals surface area contributed by atoms with Crippen LogP contribution < -0.4 is 0 Å². The van der Waals surface area contributed by atoms with Crippen LogP contribution in [-0.2, 0) is 38.0 Å². The van der Waals surface area contributed by atoms with Gasteiger partial charge in [0.1, 0.15) is 29.7 Å². The minimum Gasteiger partial charge on any atom is -0.459 e. The molecule has 0 aromatic carbocycles. The molecule has 298 valence electrons. The van der Waals surface area contributed by atoms with Crippen LogP contribution in [0.1, 0.15) is 94.9 Å². The van der Waals surface area contributed by atoms with Crippen molar-refractivity contribution in [3.8, 4) is 0 Å². The third-order valence-corrected chi connectivity index (χ3v) is 11.8. The van der Waals surface area contributed by atoms with E-state index in [1.54, 1.807) is 41.5 Å². The lowest BCUT2D eigenvalue weighted by Crippen LogP contribution is -2.61. The lowest BCUT2D eigenvalue weighted by molar-refractivity contribution is -0.318. The fraction of sp³-hybridized carbons (Fsp3) is 0.946. The predicted octanol–water partition coefficient (Wildman–Crippen LogP) is 1.79. The lowest BCUT2D eigenvalue weighted by Gasteiger charge is -2.49. The summed E-state index contributed by atoms with van der Waals surface area (Å²) in [7, 11) is 5.18. The lowest BCUT2D eigenvalue weighted by atomic mass is 9.74. The van der Waals surface area contributed by atoms with Gasteiger partial charge in [0, 0.05) is 37.3 Å². The number of rotatable bonds is 7. The molecule has 3 aliphatic rings. The zero-order valence-corrected chi connectivity index (χ0v) is 32.9. The number of aliphatic hydroxyl groups excluding tert-OH is 3. The molecule has 0 aliphatic carbocycles. The number of ketones is 1. The van der Waals surface area contributed by atoms with E-state index in [2.05, 4.69) is 0 Å². The summed E-state index contributed by atoms with van der Waals surface area (Å²) in [6, 6.07) is -0.324. The zero-order chi connectivity index (χ0) is 39.0. The van der Waals surface area contributed by atoms with Gasteiger partial charge in [0.25, 0.3) is 0 Å². The van der Waals surface area contributed by atoms with E-state index in [0.29, 0.717) is 6.42 Å². The molecule has 0 radical (unpaired) electrons. The maximum absolute atomic E-state index is 14.1. The first-order valence-corrected chi connectivity index (χ1v) is 18.5.